The van der Waals surface area contributed by atoms with E-state index in [4.69, 9.17) is 9.47 Å². The van der Waals surface area contributed by atoms with Crippen molar-refractivity contribution in [3.63, 3.8) is 0 Å². The molecule has 0 saturated carbocycles. The van der Waals surface area contributed by atoms with Gasteiger partial charge in [0, 0.05) is 17.8 Å². The van der Waals surface area contributed by atoms with Gasteiger partial charge in [-0.05, 0) is 26.0 Å². The first kappa shape index (κ1) is 15.7. The Morgan fingerprint density at radius 3 is 2.55 bits per heavy atom. The second-order valence-electron chi connectivity index (χ2n) is 4.83. The number of aromatic nitrogens is 2. The van der Waals surface area contributed by atoms with Crippen LogP contribution in [0.1, 0.15) is 27.3 Å². The Kier molecular flexibility index (Phi) is 4.55. The number of carboxylic acids is 1. The predicted octanol–water partition coefficient (Wildman–Crippen LogP) is 2.35. The van der Waals surface area contributed by atoms with Crippen molar-refractivity contribution in [2.45, 2.75) is 20.4 Å². The van der Waals surface area contributed by atoms with E-state index < -0.39 is 5.97 Å². The molecular formula is C15H19N3O4. The van der Waals surface area contributed by atoms with E-state index in [1.54, 1.807) is 0 Å². The summed E-state index contributed by atoms with van der Waals surface area (Å²) in [4.78, 5) is 11.2. The summed E-state index contributed by atoms with van der Waals surface area (Å²) in [5.74, 6) is -0.198. The van der Waals surface area contributed by atoms with Crippen LogP contribution in [0, 0.1) is 13.8 Å². The standard InChI is InChI=1S/C15H19N3O4/c1-8-11(9(2)18-17-8)7-16-12-5-10(15(19)20)6-13(21-3)14(12)22-4/h5-6,16H,7H2,1-4H3,(H,17,18)(H,19,20). The molecule has 0 fully saturated rings. The minimum Gasteiger partial charge on any atom is -0.493 e. The SMILES string of the molecule is COc1cc(C(=O)O)cc(NCc2c(C)n[nH]c2C)c1OC. The minimum absolute atomic E-state index is 0.126. The molecule has 7 heteroatoms. The number of carboxylic acid groups (broad SMARTS) is 1. The van der Waals surface area contributed by atoms with Crippen molar-refractivity contribution in [2.75, 3.05) is 19.5 Å². The molecule has 1 aromatic heterocycles. The van der Waals surface area contributed by atoms with Crippen LogP contribution >= 0.6 is 0 Å². The molecule has 0 unspecified atom stereocenters. The summed E-state index contributed by atoms with van der Waals surface area (Å²) in [5.41, 5.74) is 3.57. The number of benzene rings is 1. The maximum atomic E-state index is 11.2. The summed E-state index contributed by atoms with van der Waals surface area (Å²) in [6.07, 6.45) is 0. The van der Waals surface area contributed by atoms with Crippen molar-refractivity contribution in [3.8, 4) is 11.5 Å². The summed E-state index contributed by atoms with van der Waals surface area (Å²) in [7, 11) is 2.98. The molecular weight excluding hydrogens is 286 g/mol. The summed E-state index contributed by atoms with van der Waals surface area (Å²) >= 11 is 0. The Morgan fingerprint density at radius 1 is 1.32 bits per heavy atom. The number of rotatable bonds is 6. The lowest BCUT2D eigenvalue weighted by atomic mass is 10.1. The van der Waals surface area contributed by atoms with Crippen molar-refractivity contribution in [1.82, 2.24) is 10.2 Å². The van der Waals surface area contributed by atoms with Crippen LogP contribution in [0.25, 0.3) is 0 Å². The van der Waals surface area contributed by atoms with E-state index in [0.29, 0.717) is 23.7 Å². The molecule has 0 aliphatic carbocycles. The number of aromatic carboxylic acids is 1. The average molecular weight is 305 g/mol. The van der Waals surface area contributed by atoms with Crippen LogP contribution in [0.4, 0.5) is 5.69 Å². The second kappa shape index (κ2) is 6.38. The molecule has 2 rings (SSSR count). The fourth-order valence-corrected chi connectivity index (χ4v) is 2.24. The van der Waals surface area contributed by atoms with E-state index in [9.17, 15) is 9.90 Å². The maximum absolute atomic E-state index is 11.2. The highest BCUT2D eigenvalue weighted by Crippen LogP contribution is 2.37. The minimum atomic E-state index is -1.03. The highest BCUT2D eigenvalue weighted by atomic mass is 16.5. The normalized spacial score (nSPS) is 10.4. The number of carbonyl (C=O) groups is 1. The molecule has 0 aliphatic heterocycles. The molecule has 0 amide bonds. The quantitative estimate of drug-likeness (QED) is 0.758. The van der Waals surface area contributed by atoms with Crippen LogP contribution in [-0.2, 0) is 6.54 Å². The number of methoxy groups -OCH3 is 2. The van der Waals surface area contributed by atoms with Crippen LogP contribution in [0.15, 0.2) is 12.1 Å². The van der Waals surface area contributed by atoms with Crippen LogP contribution in [0.2, 0.25) is 0 Å². The number of hydrogen-bond donors (Lipinski definition) is 3. The van der Waals surface area contributed by atoms with Gasteiger partial charge in [0.25, 0.3) is 0 Å². The molecule has 118 valence electrons. The molecule has 3 N–H and O–H groups in total. The van der Waals surface area contributed by atoms with E-state index in [1.807, 2.05) is 13.8 Å². The van der Waals surface area contributed by atoms with Crippen LogP contribution in [-0.4, -0.2) is 35.5 Å². The summed E-state index contributed by atoms with van der Waals surface area (Å²) in [6, 6.07) is 2.95. The zero-order valence-corrected chi connectivity index (χ0v) is 13.0. The van der Waals surface area contributed by atoms with Gasteiger partial charge < -0.3 is 19.9 Å². The molecule has 0 aliphatic rings. The monoisotopic (exact) mass is 305 g/mol. The number of H-pyrrole nitrogens is 1. The molecule has 7 nitrogen and oxygen atoms in total. The van der Waals surface area contributed by atoms with Crippen molar-refractivity contribution in [3.05, 3.63) is 34.6 Å². The Morgan fingerprint density at radius 2 is 2.05 bits per heavy atom. The topological polar surface area (TPSA) is 96.5 Å². The van der Waals surface area contributed by atoms with E-state index in [0.717, 1.165) is 17.0 Å². The largest absolute Gasteiger partial charge is 0.493 e. The molecule has 0 atom stereocenters. The second-order valence-corrected chi connectivity index (χ2v) is 4.83. The Labute approximate surface area is 128 Å². The summed E-state index contributed by atoms with van der Waals surface area (Å²) in [5, 5.41) is 19.4. The van der Waals surface area contributed by atoms with Gasteiger partial charge in [-0.15, -0.1) is 0 Å². The molecule has 22 heavy (non-hydrogen) atoms. The molecule has 0 saturated heterocycles. The first-order valence-corrected chi connectivity index (χ1v) is 6.71. The Balaban J connectivity index is 2.36. The van der Waals surface area contributed by atoms with Crippen molar-refractivity contribution < 1.29 is 19.4 Å². The Hall–Kier alpha value is -2.70. The number of aromatic amines is 1. The molecule has 0 spiro atoms. The van der Waals surface area contributed by atoms with Gasteiger partial charge >= 0.3 is 5.97 Å². The highest BCUT2D eigenvalue weighted by molar-refractivity contribution is 5.90. The van der Waals surface area contributed by atoms with Crippen LogP contribution in [0.3, 0.4) is 0 Å². The fraction of sp³-hybridized carbons (Fsp3) is 0.333. The first-order chi connectivity index (χ1) is 10.5. The van der Waals surface area contributed by atoms with Crippen LogP contribution < -0.4 is 14.8 Å². The van der Waals surface area contributed by atoms with Crippen molar-refractivity contribution in [1.29, 1.82) is 0 Å². The van der Waals surface area contributed by atoms with Gasteiger partial charge in [-0.3, -0.25) is 5.10 Å². The molecule has 2 aromatic rings. The zero-order valence-electron chi connectivity index (χ0n) is 13.0. The average Bonchev–Trinajstić information content (AvgIpc) is 2.82. The lowest BCUT2D eigenvalue weighted by Crippen LogP contribution is -2.06. The smallest absolute Gasteiger partial charge is 0.335 e. The molecule has 0 bridgehead atoms. The number of ether oxygens (including phenoxy) is 2. The van der Waals surface area contributed by atoms with E-state index in [1.165, 1.54) is 26.4 Å². The van der Waals surface area contributed by atoms with E-state index in [-0.39, 0.29) is 5.56 Å². The van der Waals surface area contributed by atoms with Gasteiger partial charge in [-0.25, -0.2) is 4.79 Å². The lowest BCUT2D eigenvalue weighted by molar-refractivity contribution is 0.0696. The van der Waals surface area contributed by atoms with Crippen LogP contribution in [0.5, 0.6) is 11.5 Å². The fourth-order valence-electron chi connectivity index (χ4n) is 2.24. The third-order valence-corrected chi connectivity index (χ3v) is 3.46. The zero-order chi connectivity index (χ0) is 16.3. The number of hydrogen-bond acceptors (Lipinski definition) is 5. The Bertz CT molecular complexity index is 675. The summed E-state index contributed by atoms with van der Waals surface area (Å²) in [6.45, 7) is 4.34. The first-order valence-electron chi connectivity index (χ1n) is 6.71. The maximum Gasteiger partial charge on any atom is 0.335 e. The van der Waals surface area contributed by atoms with Crippen molar-refractivity contribution >= 4 is 11.7 Å². The van der Waals surface area contributed by atoms with Gasteiger partial charge in [0.1, 0.15) is 0 Å². The van der Waals surface area contributed by atoms with E-state index in [2.05, 4.69) is 15.5 Å². The molecule has 1 aromatic carbocycles. The number of anilines is 1. The third-order valence-electron chi connectivity index (χ3n) is 3.46. The highest BCUT2D eigenvalue weighted by Gasteiger charge is 2.16. The number of aryl methyl sites for hydroxylation is 2. The van der Waals surface area contributed by atoms with Gasteiger partial charge in [-0.2, -0.15) is 5.10 Å². The third kappa shape index (κ3) is 2.98. The predicted molar refractivity (Wildman–Crippen MR) is 81.9 cm³/mol. The van der Waals surface area contributed by atoms with Gasteiger partial charge in [-0.1, -0.05) is 0 Å². The van der Waals surface area contributed by atoms with Gasteiger partial charge in [0.05, 0.1) is 31.2 Å². The summed E-state index contributed by atoms with van der Waals surface area (Å²) < 4.78 is 10.5. The van der Waals surface area contributed by atoms with Gasteiger partial charge in [0.15, 0.2) is 11.5 Å². The number of nitrogens with zero attached hydrogens (tertiary/aromatic N) is 1. The van der Waals surface area contributed by atoms with Crippen molar-refractivity contribution in [2.24, 2.45) is 0 Å². The lowest BCUT2D eigenvalue weighted by Gasteiger charge is -2.15. The number of nitrogens with one attached hydrogen (secondary N) is 2. The van der Waals surface area contributed by atoms with Gasteiger partial charge in [0.2, 0.25) is 0 Å². The molecule has 0 radical (unpaired) electrons. The van der Waals surface area contributed by atoms with E-state index >= 15 is 0 Å². The molecule has 1 heterocycles.